The number of tetrazole rings is 1. The largest absolute Gasteiger partial charge is 0.481 e. The van der Waals surface area contributed by atoms with Crippen LogP contribution >= 0.6 is 0 Å². The molecule has 4 aliphatic carbocycles. The molecule has 0 aromatic carbocycles. The van der Waals surface area contributed by atoms with Gasteiger partial charge in [-0.05, 0) is 96.0 Å². The number of nitrogen functional groups attached to an aromatic ring is 1. The molecule has 12 atom stereocenters. The summed E-state index contributed by atoms with van der Waals surface area (Å²) in [5.41, 5.74) is 12.3. The standard InChI is InChI=1S/C38H64N6O4/c1-22(2)23(3)33(7)16-17-35(9)24-12-13-27-34(8)19-47-21-38(27,25(24)14-15-36(35,10)28(33)30(45)46)18-26(44-42-31(39)41-43-44)29(34)48-20-37(11,40)32(4,5)6/h14,22-24,26-29H,12-13,15-21,40H2,1-11H3,(H2,39,42)(H,45,46)/t23-,24+,26-,27+,28-,29+,33-,34?,35-,36+,37-,38+/m1/s1. The highest BCUT2D eigenvalue weighted by atomic mass is 16.5. The lowest BCUT2D eigenvalue weighted by atomic mass is 9.34. The fourth-order valence-corrected chi connectivity index (χ4v) is 12.0. The number of anilines is 1. The predicted molar refractivity (Wildman–Crippen MR) is 187 cm³/mol. The Hall–Kier alpha value is -2.04. The molecule has 1 unspecified atom stereocenters. The smallest absolute Gasteiger partial charge is 0.307 e. The lowest BCUT2D eigenvalue weighted by Gasteiger charge is -2.71. The van der Waals surface area contributed by atoms with E-state index in [-0.39, 0.29) is 56.5 Å². The van der Waals surface area contributed by atoms with E-state index in [1.54, 1.807) is 4.80 Å². The number of allylic oxidation sites excluding steroid dienone is 1. The molecular formula is C38H64N6O4. The zero-order chi connectivity index (χ0) is 35.5. The van der Waals surface area contributed by atoms with E-state index >= 15 is 0 Å². The van der Waals surface area contributed by atoms with E-state index < -0.39 is 17.4 Å². The average Bonchev–Trinajstić information content (AvgIpc) is 3.41. The highest BCUT2D eigenvalue weighted by Crippen LogP contribution is 2.75. The Morgan fingerprint density at radius 1 is 1.10 bits per heavy atom. The molecule has 5 aliphatic rings. The second-order valence-corrected chi connectivity index (χ2v) is 19.5. The number of fused-ring (bicyclic) bond motifs is 3. The molecule has 10 heteroatoms. The van der Waals surface area contributed by atoms with E-state index in [1.807, 2.05) is 0 Å². The number of nitrogens with two attached hydrogens (primary N) is 2. The Balaban J connectivity index is 1.44. The van der Waals surface area contributed by atoms with Gasteiger partial charge in [0.15, 0.2) is 0 Å². The van der Waals surface area contributed by atoms with Gasteiger partial charge in [-0.25, -0.2) is 0 Å². The van der Waals surface area contributed by atoms with Crippen LogP contribution in [-0.4, -0.2) is 62.7 Å². The van der Waals surface area contributed by atoms with Crippen molar-refractivity contribution in [3.05, 3.63) is 11.6 Å². The Morgan fingerprint density at radius 3 is 2.38 bits per heavy atom. The fourth-order valence-electron chi connectivity index (χ4n) is 12.0. The maximum absolute atomic E-state index is 13.4. The molecule has 1 aromatic heterocycles. The van der Waals surface area contributed by atoms with Crippen molar-refractivity contribution < 1.29 is 19.4 Å². The van der Waals surface area contributed by atoms with Crippen LogP contribution < -0.4 is 11.5 Å². The number of carboxylic acids is 1. The Morgan fingerprint density at radius 2 is 1.79 bits per heavy atom. The zero-order valence-electron chi connectivity index (χ0n) is 31.6. The van der Waals surface area contributed by atoms with E-state index in [4.69, 9.17) is 20.9 Å². The Labute approximate surface area is 288 Å². The van der Waals surface area contributed by atoms with Crippen molar-refractivity contribution in [3.8, 4) is 0 Å². The first-order valence-electron chi connectivity index (χ1n) is 18.6. The predicted octanol–water partition coefficient (Wildman–Crippen LogP) is 6.53. The molecule has 1 aromatic rings. The van der Waals surface area contributed by atoms with Gasteiger partial charge >= 0.3 is 5.97 Å². The second kappa shape index (κ2) is 11.2. The summed E-state index contributed by atoms with van der Waals surface area (Å²) in [7, 11) is 0. The van der Waals surface area contributed by atoms with Crippen molar-refractivity contribution >= 4 is 11.9 Å². The van der Waals surface area contributed by atoms with Crippen LogP contribution in [0, 0.1) is 62.1 Å². The first-order chi connectivity index (χ1) is 22.1. The molecule has 3 saturated carbocycles. The van der Waals surface area contributed by atoms with Crippen LogP contribution in [-0.2, 0) is 14.3 Å². The number of rotatable bonds is 7. The maximum Gasteiger partial charge on any atom is 0.307 e. The number of aromatic nitrogens is 4. The van der Waals surface area contributed by atoms with Crippen LogP contribution in [0.3, 0.4) is 0 Å². The van der Waals surface area contributed by atoms with E-state index in [2.05, 4.69) is 97.6 Å². The Bertz CT molecular complexity index is 1450. The van der Waals surface area contributed by atoms with Gasteiger partial charge in [-0.2, -0.15) is 4.80 Å². The number of nitrogens with zero attached hydrogens (tertiary/aromatic N) is 4. The lowest BCUT2D eigenvalue weighted by molar-refractivity contribution is -0.254. The van der Waals surface area contributed by atoms with E-state index in [1.165, 1.54) is 5.57 Å². The summed E-state index contributed by atoms with van der Waals surface area (Å²) in [6.07, 6.45) is 7.79. The van der Waals surface area contributed by atoms with Gasteiger partial charge in [0.25, 0.3) is 5.95 Å². The zero-order valence-corrected chi connectivity index (χ0v) is 31.6. The minimum absolute atomic E-state index is 0.153. The van der Waals surface area contributed by atoms with Crippen LogP contribution in [0.2, 0.25) is 0 Å². The molecule has 5 N–H and O–H groups in total. The third-order valence-corrected chi connectivity index (χ3v) is 16.1. The number of hydrogen-bond acceptors (Lipinski definition) is 8. The summed E-state index contributed by atoms with van der Waals surface area (Å²) in [6, 6.07) is -0.204. The molecule has 0 radical (unpaired) electrons. The topological polar surface area (TPSA) is 151 Å². The van der Waals surface area contributed by atoms with E-state index in [9.17, 15) is 9.90 Å². The SMILES string of the molecule is CC(C)[C@@H](C)[C@@]1(C)CC[C@]2(C)[C@H]3CC[C@H]4C5(C)COC[C@@]4(C[C@@H](n4nnc(N)n4)[C@@H]5OC[C@@](C)(N)C(C)(C)C)C3=CC[C@@]2(C)[C@@H]1C(=O)O. The quantitative estimate of drug-likeness (QED) is 0.275. The molecule has 2 heterocycles. The summed E-state index contributed by atoms with van der Waals surface area (Å²) in [4.78, 5) is 15.1. The summed E-state index contributed by atoms with van der Waals surface area (Å²) in [5.74, 6) is 0.430. The van der Waals surface area contributed by atoms with Crippen molar-refractivity contribution in [2.24, 2.45) is 67.8 Å². The van der Waals surface area contributed by atoms with Crippen molar-refractivity contribution in [3.63, 3.8) is 0 Å². The van der Waals surface area contributed by atoms with Gasteiger partial charge in [0.05, 0.1) is 31.8 Å². The van der Waals surface area contributed by atoms with E-state index in [0.29, 0.717) is 37.6 Å². The maximum atomic E-state index is 13.4. The molecule has 48 heavy (non-hydrogen) atoms. The van der Waals surface area contributed by atoms with Gasteiger partial charge in [0.1, 0.15) is 6.04 Å². The summed E-state index contributed by atoms with van der Waals surface area (Å²) in [6.45, 7) is 26.3. The van der Waals surface area contributed by atoms with Crippen LogP contribution in [0.4, 0.5) is 5.95 Å². The molecule has 270 valence electrons. The minimum atomic E-state index is -0.634. The van der Waals surface area contributed by atoms with Gasteiger partial charge in [-0.15, -0.1) is 5.10 Å². The molecule has 6 rings (SSSR count). The lowest BCUT2D eigenvalue weighted by Crippen LogP contribution is -2.69. The van der Waals surface area contributed by atoms with Gasteiger partial charge in [0, 0.05) is 16.4 Å². The van der Waals surface area contributed by atoms with Crippen molar-refractivity contribution in [2.45, 2.75) is 132 Å². The molecule has 1 saturated heterocycles. The molecule has 10 nitrogen and oxygen atoms in total. The molecule has 1 aliphatic heterocycles. The van der Waals surface area contributed by atoms with Gasteiger partial charge in [-0.1, -0.05) is 86.0 Å². The first kappa shape index (κ1) is 35.8. The molecule has 0 spiro atoms. The molecule has 2 bridgehead atoms. The van der Waals surface area contributed by atoms with Crippen LogP contribution in [0.15, 0.2) is 11.6 Å². The normalized spacial score (nSPS) is 44.5. The first-order valence-corrected chi connectivity index (χ1v) is 18.6. The van der Waals surface area contributed by atoms with E-state index in [0.717, 1.165) is 38.5 Å². The molecule has 0 amide bonds. The number of ether oxygens (including phenoxy) is 2. The number of hydrogen-bond donors (Lipinski definition) is 3. The average molecular weight is 669 g/mol. The van der Waals surface area contributed by atoms with Crippen molar-refractivity contribution in [2.75, 3.05) is 25.6 Å². The van der Waals surface area contributed by atoms with Gasteiger partial charge < -0.3 is 26.0 Å². The number of carbonyl (C=O) groups is 1. The highest BCUT2D eigenvalue weighted by molar-refractivity contribution is 5.73. The van der Waals surface area contributed by atoms with Crippen LogP contribution in [0.5, 0.6) is 0 Å². The van der Waals surface area contributed by atoms with Gasteiger partial charge in [-0.3, -0.25) is 4.79 Å². The van der Waals surface area contributed by atoms with Crippen LogP contribution in [0.25, 0.3) is 0 Å². The molecular weight excluding hydrogens is 604 g/mol. The summed E-state index contributed by atoms with van der Waals surface area (Å²) in [5, 5.41) is 24.2. The van der Waals surface area contributed by atoms with Crippen LogP contribution in [0.1, 0.15) is 121 Å². The van der Waals surface area contributed by atoms with Gasteiger partial charge in [0.2, 0.25) is 0 Å². The van der Waals surface area contributed by atoms with Crippen molar-refractivity contribution in [1.29, 1.82) is 0 Å². The highest BCUT2D eigenvalue weighted by Gasteiger charge is 2.72. The fraction of sp³-hybridized carbons (Fsp3) is 0.895. The number of carboxylic acid groups (broad SMARTS) is 1. The molecule has 4 fully saturated rings. The third-order valence-electron chi connectivity index (χ3n) is 16.1. The van der Waals surface area contributed by atoms with Crippen molar-refractivity contribution in [1.82, 2.24) is 20.2 Å². The summed E-state index contributed by atoms with van der Waals surface area (Å²) >= 11 is 0. The minimum Gasteiger partial charge on any atom is -0.481 e. The number of aliphatic carboxylic acids is 1. The Kier molecular flexibility index (Phi) is 8.37. The summed E-state index contributed by atoms with van der Waals surface area (Å²) < 4.78 is 13.7. The second-order valence-electron chi connectivity index (χ2n) is 19.5. The third kappa shape index (κ3) is 4.80. The monoisotopic (exact) mass is 668 g/mol.